The van der Waals surface area contributed by atoms with Crippen LogP contribution in [0.15, 0.2) is 24.3 Å². The van der Waals surface area contributed by atoms with E-state index in [0.29, 0.717) is 30.0 Å². The van der Waals surface area contributed by atoms with E-state index >= 15 is 0 Å². The number of morpholine rings is 1. The standard InChI is InChI=1S/C15H19F2N3O/c1-10-9-21-11(2)7-19(10)8-14-18-12-5-3-4-6-13(12)20(14)15(16)17/h3-6,10-11,15H,7-9H2,1-2H3. The first kappa shape index (κ1) is 14.4. The van der Waals surface area contributed by atoms with Crippen molar-refractivity contribution in [3.63, 3.8) is 0 Å². The molecule has 6 heteroatoms. The predicted molar refractivity (Wildman–Crippen MR) is 76.3 cm³/mol. The van der Waals surface area contributed by atoms with Gasteiger partial charge in [0.05, 0.1) is 30.3 Å². The molecule has 0 saturated carbocycles. The SMILES string of the molecule is CC1CN(Cc2nc3ccccc3n2C(F)F)C(C)CO1. The van der Waals surface area contributed by atoms with E-state index in [1.807, 2.05) is 19.9 Å². The molecule has 2 aromatic rings. The van der Waals surface area contributed by atoms with Gasteiger partial charge >= 0.3 is 6.55 Å². The van der Waals surface area contributed by atoms with Crippen molar-refractivity contribution in [3.05, 3.63) is 30.1 Å². The van der Waals surface area contributed by atoms with Crippen molar-refractivity contribution in [2.45, 2.75) is 39.1 Å². The third-order valence-electron chi connectivity index (χ3n) is 3.95. The van der Waals surface area contributed by atoms with Gasteiger partial charge in [0.25, 0.3) is 0 Å². The number of benzene rings is 1. The van der Waals surface area contributed by atoms with E-state index in [1.54, 1.807) is 18.2 Å². The van der Waals surface area contributed by atoms with Crippen LogP contribution in [0.5, 0.6) is 0 Å². The highest BCUT2D eigenvalue weighted by Crippen LogP contribution is 2.25. The van der Waals surface area contributed by atoms with Crippen molar-refractivity contribution < 1.29 is 13.5 Å². The summed E-state index contributed by atoms with van der Waals surface area (Å²) in [6, 6.07) is 7.22. The first-order chi connectivity index (χ1) is 10.1. The number of halogens is 2. The minimum Gasteiger partial charge on any atom is -0.376 e. The van der Waals surface area contributed by atoms with Crippen LogP contribution >= 0.6 is 0 Å². The van der Waals surface area contributed by atoms with Crippen molar-refractivity contribution in [2.24, 2.45) is 0 Å². The Hall–Kier alpha value is -1.53. The quantitative estimate of drug-likeness (QED) is 0.872. The lowest BCUT2D eigenvalue weighted by molar-refractivity contribution is -0.0548. The molecule has 1 aromatic heterocycles. The van der Waals surface area contributed by atoms with Crippen LogP contribution in [-0.2, 0) is 11.3 Å². The second kappa shape index (κ2) is 5.69. The van der Waals surface area contributed by atoms with E-state index in [4.69, 9.17) is 4.74 Å². The zero-order valence-electron chi connectivity index (χ0n) is 12.2. The molecule has 2 unspecified atom stereocenters. The molecule has 3 rings (SSSR count). The van der Waals surface area contributed by atoms with E-state index in [1.165, 1.54) is 0 Å². The van der Waals surface area contributed by atoms with Gasteiger partial charge in [-0.05, 0) is 26.0 Å². The molecule has 1 aliphatic rings. The molecular weight excluding hydrogens is 276 g/mol. The number of imidazole rings is 1. The normalized spacial score (nSPS) is 24.0. The number of alkyl halides is 2. The fourth-order valence-electron chi connectivity index (χ4n) is 2.80. The maximum atomic E-state index is 13.4. The molecule has 0 aliphatic carbocycles. The van der Waals surface area contributed by atoms with Crippen LogP contribution in [0, 0.1) is 0 Å². The molecule has 0 amide bonds. The summed E-state index contributed by atoms with van der Waals surface area (Å²) in [5.74, 6) is 0.409. The summed E-state index contributed by atoms with van der Waals surface area (Å²) in [6.45, 7) is 3.22. The summed E-state index contributed by atoms with van der Waals surface area (Å²) >= 11 is 0. The predicted octanol–water partition coefficient (Wildman–Crippen LogP) is 3.04. The summed E-state index contributed by atoms with van der Waals surface area (Å²) < 4.78 is 33.4. The summed E-state index contributed by atoms with van der Waals surface area (Å²) in [5.41, 5.74) is 1.10. The van der Waals surface area contributed by atoms with Gasteiger partial charge in [0.1, 0.15) is 5.82 Å². The van der Waals surface area contributed by atoms with E-state index in [9.17, 15) is 8.78 Å². The van der Waals surface area contributed by atoms with Crippen LogP contribution < -0.4 is 0 Å². The smallest absolute Gasteiger partial charge is 0.320 e. The lowest BCUT2D eigenvalue weighted by Gasteiger charge is -2.36. The summed E-state index contributed by atoms with van der Waals surface area (Å²) in [5, 5.41) is 0. The van der Waals surface area contributed by atoms with Gasteiger partial charge < -0.3 is 4.74 Å². The summed E-state index contributed by atoms with van der Waals surface area (Å²) in [4.78, 5) is 6.54. The van der Waals surface area contributed by atoms with Crippen LogP contribution in [0.3, 0.4) is 0 Å². The Morgan fingerprint density at radius 2 is 2.10 bits per heavy atom. The van der Waals surface area contributed by atoms with E-state index < -0.39 is 6.55 Å². The molecule has 0 spiro atoms. The fourth-order valence-corrected chi connectivity index (χ4v) is 2.80. The monoisotopic (exact) mass is 295 g/mol. The van der Waals surface area contributed by atoms with Crippen LogP contribution in [0.4, 0.5) is 8.78 Å². The minimum atomic E-state index is -2.58. The maximum absolute atomic E-state index is 13.4. The van der Waals surface area contributed by atoms with Crippen molar-refractivity contribution >= 4 is 11.0 Å². The van der Waals surface area contributed by atoms with E-state index in [2.05, 4.69) is 9.88 Å². The number of ether oxygens (including phenoxy) is 1. The summed E-state index contributed by atoms with van der Waals surface area (Å²) in [6.07, 6.45) is 0.116. The van der Waals surface area contributed by atoms with Crippen molar-refractivity contribution in [3.8, 4) is 0 Å². The van der Waals surface area contributed by atoms with Crippen LogP contribution in [-0.4, -0.2) is 39.7 Å². The van der Waals surface area contributed by atoms with Gasteiger partial charge in [0.15, 0.2) is 0 Å². The first-order valence-corrected chi connectivity index (χ1v) is 7.16. The maximum Gasteiger partial charge on any atom is 0.320 e. The number of para-hydroxylation sites is 2. The third-order valence-corrected chi connectivity index (χ3v) is 3.95. The van der Waals surface area contributed by atoms with Crippen LogP contribution in [0.2, 0.25) is 0 Å². The van der Waals surface area contributed by atoms with Crippen LogP contribution in [0.1, 0.15) is 26.2 Å². The number of hydrogen-bond acceptors (Lipinski definition) is 3. The second-order valence-corrected chi connectivity index (χ2v) is 5.59. The highest BCUT2D eigenvalue weighted by molar-refractivity contribution is 5.75. The number of hydrogen-bond donors (Lipinski definition) is 0. The van der Waals surface area contributed by atoms with Crippen LogP contribution in [0.25, 0.3) is 11.0 Å². The molecule has 0 bridgehead atoms. The van der Waals surface area contributed by atoms with Gasteiger partial charge in [0.2, 0.25) is 0 Å². The second-order valence-electron chi connectivity index (χ2n) is 5.59. The van der Waals surface area contributed by atoms with Gasteiger partial charge in [0, 0.05) is 12.6 Å². The third kappa shape index (κ3) is 2.78. The fraction of sp³-hybridized carbons (Fsp3) is 0.533. The first-order valence-electron chi connectivity index (χ1n) is 7.16. The van der Waals surface area contributed by atoms with Crippen molar-refractivity contribution in [1.29, 1.82) is 0 Å². The molecule has 0 N–H and O–H groups in total. The van der Waals surface area contributed by atoms with Gasteiger partial charge in [-0.2, -0.15) is 8.78 Å². The highest BCUT2D eigenvalue weighted by Gasteiger charge is 2.26. The number of rotatable bonds is 3. The number of fused-ring (bicyclic) bond motifs is 1. The molecular formula is C15H19F2N3O. The highest BCUT2D eigenvalue weighted by atomic mass is 19.3. The Bertz CT molecular complexity index is 628. The number of nitrogens with zero attached hydrogens (tertiary/aromatic N) is 3. The van der Waals surface area contributed by atoms with E-state index in [-0.39, 0.29) is 12.1 Å². The Balaban J connectivity index is 1.94. The zero-order valence-corrected chi connectivity index (χ0v) is 12.2. The molecule has 2 heterocycles. The van der Waals surface area contributed by atoms with Gasteiger partial charge in [-0.3, -0.25) is 9.47 Å². The van der Waals surface area contributed by atoms with Gasteiger partial charge in [-0.15, -0.1) is 0 Å². The topological polar surface area (TPSA) is 30.3 Å². The van der Waals surface area contributed by atoms with E-state index in [0.717, 1.165) is 11.1 Å². The molecule has 1 fully saturated rings. The van der Waals surface area contributed by atoms with Crippen molar-refractivity contribution in [2.75, 3.05) is 13.2 Å². The Morgan fingerprint density at radius 3 is 2.86 bits per heavy atom. The zero-order chi connectivity index (χ0) is 15.0. The Kier molecular flexibility index (Phi) is 3.91. The minimum absolute atomic E-state index is 0.116. The molecule has 0 radical (unpaired) electrons. The lowest BCUT2D eigenvalue weighted by atomic mass is 10.2. The molecule has 1 aliphatic heterocycles. The average molecular weight is 295 g/mol. The Morgan fingerprint density at radius 1 is 1.33 bits per heavy atom. The van der Waals surface area contributed by atoms with Gasteiger partial charge in [-0.1, -0.05) is 12.1 Å². The molecule has 1 saturated heterocycles. The molecule has 2 atom stereocenters. The average Bonchev–Trinajstić information content (AvgIpc) is 2.80. The largest absolute Gasteiger partial charge is 0.376 e. The molecule has 114 valence electrons. The molecule has 21 heavy (non-hydrogen) atoms. The number of aromatic nitrogens is 2. The summed E-state index contributed by atoms with van der Waals surface area (Å²) in [7, 11) is 0. The molecule has 1 aromatic carbocycles. The van der Waals surface area contributed by atoms with Gasteiger partial charge in [-0.25, -0.2) is 4.98 Å². The lowest BCUT2D eigenvalue weighted by Crippen LogP contribution is -2.47. The Labute approximate surface area is 122 Å². The molecule has 4 nitrogen and oxygen atoms in total. The van der Waals surface area contributed by atoms with Crippen molar-refractivity contribution in [1.82, 2.24) is 14.5 Å².